The first kappa shape index (κ1) is 18.8. The van der Waals surface area contributed by atoms with Gasteiger partial charge in [-0.15, -0.1) is 12.4 Å². The number of sulfonamides is 1. The molecule has 0 amide bonds. The van der Waals surface area contributed by atoms with Gasteiger partial charge in [-0.25, -0.2) is 8.42 Å². The predicted octanol–water partition coefficient (Wildman–Crippen LogP) is 2.61. The monoisotopic (exact) mass is 389 g/mol. The zero-order valence-corrected chi connectivity index (χ0v) is 15.3. The van der Waals surface area contributed by atoms with E-state index in [-0.39, 0.29) is 23.1 Å². The Morgan fingerprint density at radius 3 is 2.88 bits per heavy atom. The molecule has 0 saturated heterocycles. The molecule has 130 valence electrons. The number of nitrogens with zero attached hydrogens (tertiary/aromatic N) is 1. The average Bonchev–Trinajstić information content (AvgIpc) is 2.54. The molecule has 0 radical (unpaired) electrons. The van der Waals surface area contributed by atoms with Crippen LogP contribution in [0, 0.1) is 0 Å². The topological polar surface area (TPSA) is 80.3 Å². The van der Waals surface area contributed by atoms with E-state index in [0.717, 1.165) is 24.2 Å². The van der Waals surface area contributed by atoms with Gasteiger partial charge in [-0.3, -0.25) is 9.71 Å². The lowest BCUT2D eigenvalue weighted by atomic mass is 10.1. The second kappa shape index (κ2) is 7.57. The third kappa shape index (κ3) is 3.92. The minimum Gasteiger partial charge on any atom is -0.495 e. The molecule has 2 heterocycles. The number of halogens is 2. The number of benzene rings is 1. The number of rotatable bonds is 4. The zero-order chi connectivity index (χ0) is 16.4. The van der Waals surface area contributed by atoms with Crippen molar-refractivity contribution in [2.45, 2.75) is 17.9 Å². The molecule has 0 saturated carbocycles. The Kier molecular flexibility index (Phi) is 5.92. The van der Waals surface area contributed by atoms with E-state index in [1.54, 1.807) is 12.1 Å². The molecule has 0 fully saturated rings. The van der Waals surface area contributed by atoms with Crippen molar-refractivity contribution in [3.05, 3.63) is 46.7 Å². The highest BCUT2D eigenvalue weighted by Gasteiger charge is 2.21. The lowest BCUT2D eigenvalue weighted by molar-refractivity contribution is 0.403. The van der Waals surface area contributed by atoms with Gasteiger partial charge in [0.05, 0.1) is 19.0 Å². The quantitative estimate of drug-likeness (QED) is 0.839. The molecule has 0 spiro atoms. The van der Waals surface area contributed by atoms with E-state index in [4.69, 9.17) is 16.3 Å². The van der Waals surface area contributed by atoms with Gasteiger partial charge in [0.15, 0.2) is 0 Å². The summed E-state index contributed by atoms with van der Waals surface area (Å²) in [5.74, 6) is 0.231. The van der Waals surface area contributed by atoms with Crippen LogP contribution in [0.3, 0.4) is 0 Å². The number of nitrogens with one attached hydrogen (secondary N) is 2. The Hall–Kier alpha value is -1.54. The molecule has 6 nitrogen and oxygen atoms in total. The van der Waals surface area contributed by atoms with E-state index in [0.29, 0.717) is 17.3 Å². The Morgan fingerprint density at radius 2 is 2.12 bits per heavy atom. The Morgan fingerprint density at radius 1 is 1.33 bits per heavy atom. The summed E-state index contributed by atoms with van der Waals surface area (Å²) in [6, 6.07) is 6.25. The SMILES string of the molecule is COc1ccc(Cl)cc1S(=O)(=O)Nc1cnc2c(c1)CNCC2.Cl. The third-order valence-electron chi connectivity index (χ3n) is 3.58. The van der Waals surface area contributed by atoms with Gasteiger partial charge in [-0.05, 0) is 29.8 Å². The van der Waals surface area contributed by atoms with Crippen molar-refractivity contribution < 1.29 is 13.2 Å². The Bertz CT molecular complexity index is 844. The maximum atomic E-state index is 12.6. The van der Waals surface area contributed by atoms with Crippen LogP contribution < -0.4 is 14.8 Å². The fourth-order valence-electron chi connectivity index (χ4n) is 2.47. The molecule has 3 rings (SSSR count). The fraction of sp³-hybridized carbons (Fsp3) is 0.267. The number of methoxy groups -OCH3 is 1. The number of hydrogen-bond acceptors (Lipinski definition) is 5. The van der Waals surface area contributed by atoms with Gasteiger partial charge >= 0.3 is 0 Å². The second-order valence-corrected chi connectivity index (χ2v) is 7.24. The van der Waals surface area contributed by atoms with Crippen molar-refractivity contribution in [2.75, 3.05) is 18.4 Å². The number of aromatic nitrogens is 1. The van der Waals surface area contributed by atoms with E-state index in [1.807, 2.05) is 0 Å². The van der Waals surface area contributed by atoms with Crippen LogP contribution in [-0.2, 0) is 23.0 Å². The van der Waals surface area contributed by atoms with E-state index in [9.17, 15) is 8.42 Å². The highest BCUT2D eigenvalue weighted by molar-refractivity contribution is 7.92. The average molecular weight is 390 g/mol. The Labute approximate surface area is 152 Å². The molecule has 1 aliphatic rings. The van der Waals surface area contributed by atoms with Crippen LogP contribution >= 0.6 is 24.0 Å². The molecule has 0 unspecified atom stereocenters. The van der Waals surface area contributed by atoms with Gasteiger partial charge < -0.3 is 10.1 Å². The second-order valence-electron chi connectivity index (χ2n) is 5.16. The van der Waals surface area contributed by atoms with Crippen LogP contribution in [-0.4, -0.2) is 27.1 Å². The van der Waals surface area contributed by atoms with Crippen LogP contribution in [0.5, 0.6) is 5.75 Å². The Balaban J connectivity index is 0.00000208. The van der Waals surface area contributed by atoms with Gasteiger partial charge in [0.25, 0.3) is 10.0 Å². The molecule has 1 aromatic carbocycles. The van der Waals surface area contributed by atoms with Crippen molar-refractivity contribution in [3.63, 3.8) is 0 Å². The van der Waals surface area contributed by atoms with Crippen LogP contribution in [0.15, 0.2) is 35.4 Å². The summed E-state index contributed by atoms with van der Waals surface area (Å²) in [6.45, 7) is 1.56. The number of anilines is 1. The van der Waals surface area contributed by atoms with E-state index in [1.165, 1.54) is 25.4 Å². The number of hydrogen-bond donors (Lipinski definition) is 2. The third-order valence-corrected chi connectivity index (χ3v) is 5.22. The van der Waals surface area contributed by atoms with E-state index >= 15 is 0 Å². The number of fused-ring (bicyclic) bond motifs is 1. The smallest absolute Gasteiger partial charge is 0.265 e. The lowest BCUT2D eigenvalue weighted by Crippen LogP contribution is -2.25. The molecular formula is C15H17Cl2N3O3S. The largest absolute Gasteiger partial charge is 0.495 e. The number of pyridine rings is 1. The molecule has 2 N–H and O–H groups in total. The minimum atomic E-state index is -3.82. The maximum absolute atomic E-state index is 12.6. The van der Waals surface area contributed by atoms with Crippen LogP contribution in [0.2, 0.25) is 5.02 Å². The highest BCUT2D eigenvalue weighted by atomic mass is 35.5. The van der Waals surface area contributed by atoms with Crippen molar-refractivity contribution in [1.82, 2.24) is 10.3 Å². The van der Waals surface area contributed by atoms with Gasteiger partial charge in [0.1, 0.15) is 10.6 Å². The minimum absolute atomic E-state index is 0. The molecule has 9 heteroatoms. The summed E-state index contributed by atoms with van der Waals surface area (Å²) < 4.78 is 32.9. The zero-order valence-electron chi connectivity index (χ0n) is 12.9. The highest BCUT2D eigenvalue weighted by Crippen LogP contribution is 2.29. The molecule has 2 aromatic rings. The van der Waals surface area contributed by atoms with Crippen molar-refractivity contribution in [2.24, 2.45) is 0 Å². The summed E-state index contributed by atoms with van der Waals surface area (Å²) in [4.78, 5) is 4.32. The molecule has 0 aliphatic carbocycles. The molecule has 24 heavy (non-hydrogen) atoms. The predicted molar refractivity (Wildman–Crippen MR) is 95.7 cm³/mol. The molecule has 1 aliphatic heterocycles. The van der Waals surface area contributed by atoms with Crippen molar-refractivity contribution >= 4 is 39.7 Å². The van der Waals surface area contributed by atoms with Gasteiger partial charge in [0, 0.05) is 30.2 Å². The summed E-state index contributed by atoms with van der Waals surface area (Å²) in [6.07, 6.45) is 2.36. The normalized spacial score (nSPS) is 13.6. The molecule has 1 aromatic heterocycles. The standard InChI is InChI=1S/C15H16ClN3O3S.ClH/c1-22-14-3-2-11(16)7-15(14)23(20,21)19-12-6-10-8-17-5-4-13(10)18-9-12;/h2-3,6-7,9,17,19H,4-5,8H2,1H3;1H. The summed E-state index contributed by atoms with van der Waals surface area (Å²) >= 11 is 5.91. The molecule has 0 atom stereocenters. The van der Waals surface area contributed by atoms with Gasteiger partial charge in [-0.2, -0.15) is 0 Å². The van der Waals surface area contributed by atoms with E-state index < -0.39 is 10.0 Å². The van der Waals surface area contributed by atoms with Crippen molar-refractivity contribution in [3.8, 4) is 5.75 Å². The first-order chi connectivity index (χ1) is 11.0. The maximum Gasteiger partial charge on any atom is 0.265 e. The fourth-order valence-corrected chi connectivity index (χ4v) is 3.94. The van der Waals surface area contributed by atoms with Gasteiger partial charge in [-0.1, -0.05) is 11.6 Å². The lowest BCUT2D eigenvalue weighted by Gasteiger charge is -2.17. The van der Waals surface area contributed by atoms with Gasteiger partial charge in [0.2, 0.25) is 0 Å². The first-order valence-corrected chi connectivity index (χ1v) is 8.90. The molecule has 0 bridgehead atoms. The van der Waals surface area contributed by atoms with Crippen LogP contribution in [0.4, 0.5) is 5.69 Å². The van der Waals surface area contributed by atoms with Crippen LogP contribution in [0.25, 0.3) is 0 Å². The molecular weight excluding hydrogens is 373 g/mol. The first-order valence-electron chi connectivity index (χ1n) is 7.04. The van der Waals surface area contributed by atoms with Crippen LogP contribution in [0.1, 0.15) is 11.3 Å². The summed E-state index contributed by atoms with van der Waals surface area (Å²) in [7, 11) is -2.41. The number of ether oxygens (including phenoxy) is 1. The summed E-state index contributed by atoms with van der Waals surface area (Å²) in [5.41, 5.74) is 2.40. The van der Waals surface area contributed by atoms with Crippen molar-refractivity contribution in [1.29, 1.82) is 0 Å². The van der Waals surface area contributed by atoms with E-state index in [2.05, 4.69) is 15.0 Å². The summed E-state index contributed by atoms with van der Waals surface area (Å²) in [5, 5.41) is 3.55.